The van der Waals surface area contributed by atoms with E-state index < -0.39 is 0 Å². The highest BCUT2D eigenvalue weighted by atomic mass is 16.2. The van der Waals surface area contributed by atoms with Crippen molar-refractivity contribution in [3.8, 4) is 0 Å². The second-order valence-corrected chi connectivity index (χ2v) is 5.31. The van der Waals surface area contributed by atoms with Crippen molar-refractivity contribution in [2.24, 2.45) is 5.92 Å². The summed E-state index contributed by atoms with van der Waals surface area (Å²) in [5.41, 5.74) is 1.00. The number of carbonyl (C=O) groups excluding carboxylic acids is 2. The summed E-state index contributed by atoms with van der Waals surface area (Å²) < 4.78 is 0. The van der Waals surface area contributed by atoms with Gasteiger partial charge in [0.2, 0.25) is 11.8 Å². The molecule has 2 saturated heterocycles. The fourth-order valence-electron chi connectivity index (χ4n) is 3.11. The Morgan fingerprint density at radius 3 is 2.63 bits per heavy atom. The standard InChI is InChI=1S/C15H18N2O2/c1-10(11-6-3-2-4-7-11)17-14(18)12-8-5-9-16-13(12)15(17)19/h2-4,6-7,10,12-13,16H,5,8-9H2,1H3/t10-,12-,13+/m0/s1. The van der Waals surface area contributed by atoms with Crippen LogP contribution in [-0.4, -0.2) is 29.3 Å². The van der Waals surface area contributed by atoms with Gasteiger partial charge in [0.05, 0.1) is 18.0 Å². The zero-order chi connectivity index (χ0) is 13.4. The summed E-state index contributed by atoms with van der Waals surface area (Å²) in [4.78, 5) is 26.3. The highest BCUT2D eigenvalue weighted by Gasteiger charge is 2.49. The number of carbonyl (C=O) groups is 2. The molecule has 3 rings (SSSR count). The highest BCUT2D eigenvalue weighted by molar-refractivity contribution is 6.07. The fraction of sp³-hybridized carbons (Fsp3) is 0.467. The van der Waals surface area contributed by atoms with Gasteiger partial charge in [0.1, 0.15) is 0 Å². The summed E-state index contributed by atoms with van der Waals surface area (Å²) in [6.07, 6.45) is 1.79. The quantitative estimate of drug-likeness (QED) is 0.818. The lowest BCUT2D eigenvalue weighted by Gasteiger charge is -2.23. The average Bonchev–Trinajstić information content (AvgIpc) is 2.72. The van der Waals surface area contributed by atoms with Gasteiger partial charge in [-0.3, -0.25) is 14.5 Å². The Labute approximate surface area is 112 Å². The molecular weight excluding hydrogens is 240 g/mol. The van der Waals surface area contributed by atoms with Crippen molar-refractivity contribution in [2.45, 2.75) is 31.8 Å². The molecule has 2 amide bonds. The van der Waals surface area contributed by atoms with Crippen LogP contribution >= 0.6 is 0 Å². The number of likely N-dealkylation sites (tertiary alicyclic amines) is 1. The van der Waals surface area contributed by atoms with E-state index in [4.69, 9.17) is 0 Å². The maximum atomic E-state index is 12.4. The Morgan fingerprint density at radius 2 is 1.95 bits per heavy atom. The van der Waals surface area contributed by atoms with Crippen molar-refractivity contribution in [3.63, 3.8) is 0 Å². The molecule has 4 nitrogen and oxygen atoms in total. The third-order valence-electron chi connectivity index (χ3n) is 4.19. The Balaban J connectivity index is 1.88. The molecular formula is C15H18N2O2. The van der Waals surface area contributed by atoms with Crippen molar-refractivity contribution in [1.82, 2.24) is 10.2 Å². The molecule has 0 aromatic heterocycles. The van der Waals surface area contributed by atoms with Gasteiger partial charge in [0.25, 0.3) is 0 Å². The summed E-state index contributed by atoms with van der Waals surface area (Å²) in [6.45, 7) is 2.75. The van der Waals surface area contributed by atoms with Gasteiger partial charge in [-0.2, -0.15) is 0 Å². The number of fused-ring (bicyclic) bond motifs is 1. The van der Waals surface area contributed by atoms with E-state index in [1.54, 1.807) is 0 Å². The Morgan fingerprint density at radius 1 is 1.21 bits per heavy atom. The number of rotatable bonds is 2. The Kier molecular flexibility index (Phi) is 3.11. The van der Waals surface area contributed by atoms with Crippen LogP contribution in [0.5, 0.6) is 0 Å². The highest BCUT2D eigenvalue weighted by Crippen LogP contribution is 2.33. The van der Waals surface area contributed by atoms with E-state index in [1.165, 1.54) is 4.90 Å². The number of amides is 2. The molecule has 0 unspecified atom stereocenters. The van der Waals surface area contributed by atoms with E-state index in [0.717, 1.165) is 24.9 Å². The van der Waals surface area contributed by atoms with Crippen LogP contribution in [0.3, 0.4) is 0 Å². The molecule has 0 radical (unpaired) electrons. The molecule has 2 fully saturated rings. The molecule has 0 aliphatic carbocycles. The minimum Gasteiger partial charge on any atom is -0.305 e. The van der Waals surface area contributed by atoms with Crippen LogP contribution in [0.2, 0.25) is 0 Å². The molecule has 0 saturated carbocycles. The summed E-state index contributed by atoms with van der Waals surface area (Å²) >= 11 is 0. The number of hydrogen-bond donors (Lipinski definition) is 1. The normalized spacial score (nSPS) is 28.4. The number of benzene rings is 1. The monoisotopic (exact) mass is 258 g/mol. The summed E-state index contributed by atoms with van der Waals surface area (Å²) in [7, 11) is 0. The van der Waals surface area contributed by atoms with Crippen molar-refractivity contribution in [1.29, 1.82) is 0 Å². The van der Waals surface area contributed by atoms with Gasteiger partial charge < -0.3 is 5.32 Å². The topological polar surface area (TPSA) is 49.4 Å². The summed E-state index contributed by atoms with van der Waals surface area (Å²) in [5, 5.41) is 3.19. The Hall–Kier alpha value is -1.68. The third kappa shape index (κ3) is 1.96. The maximum absolute atomic E-state index is 12.4. The van der Waals surface area contributed by atoms with Gasteiger partial charge in [-0.25, -0.2) is 0 Å². The van der Waals surface area contributed by atoms with Crippen LogP contribution < -0.4 is 5.32 Å². The second-order valence-electron chi connectivity index (χ2n) is 5.31. The zero-order valence-corrected chi connectivity index (χ0v) is 11.0. The first-order valence-electron chi connectivity index (χ1n) is 6.85. The number of nitrogens with zero attached hydrogens (tertiary/aromatic N) is 1. The minimum absolute atomic E-state index is 0.0152. The summed E-state index contributed by atoms with van der Waals surface area (Å²) in [6, 6.07) is 9.23. The molecule has 2 aliphatic rings. The third-order valence-corrected chi connectivity index (χ3v) is 4.19. The molecule has 100 valence electrons. The first-order chi connectivity index (χ1) is 9.20. The van der Waals surface area contributed by atoms with E-state index in [0.29, 0.717) is 0 Å². The predicted octanol–water partition coefficient (Wildman–Crippen LogP) is 1.48. The van der Waals surface area contributed by atoms with Gasteiger partial charge in [0.15, 0.2) is 0 Å². The second kappa shape index (κ2) is 4.78. The van der Waals surface area contributed by atoms with Crippen LogP contribution in [-0.2, 0) is 9.59 Å². The lowest BCUT2D eigenvalue weighted by molar-refractivity contribution is -0.142. The largest absolute Gasteiger partial charge is 0.305 e. The molecule has 0 spiro atoms. The molecule has 1 aromatic carbocycles. The van der Waals surface area contributed by atoms with Crippen molar-refractivity contribution in [3.05, 3.63) is 35.9 Å². The molecule has 3 atom stereocenters. The van der Waals surface area contributed by atoms with Gasteiger partial charge in [-0.05, 0) is 31.9 Å². The SMILES string of the molecule is C[C@@H](c1ccccc1)N1C(=O)[C@H]2CCCN[C@H]2C1=O. The van der Waals surface area contributed by atoms with Gasteiger partial charge in [0, 0.05) is 0 Å². The van der Waals surface area contributed by atoms with E-state index >= 15 is 0 Å². The Bertz CT molecular complexity index is 476. The van der Waals surface area contributed by atoms with E-state index in [9.17, 15) is 9.59 Å². The van der Waals surface area contributed by atoms with E-state index in [-0.39, 0.29) is 29.8 Å². The maximum Gasteiger partial charge on any atom is 0.247 e. The first-order valence-corrected chi connectivity index (χ1v) is 6.85. The van der Waals surface area contributed by atoms with Crippen LogP contribution in [0.25, 0.3) is 0 Å². The molecule has 1 aromatic rings. The molecule has 2 aliphatic heterocycles. The lowest BCUT2D eigenvalue weighted by Crippen LogP contribution is -2.44. The molecule has 2 heterocycles. The molecule has 19 heavy (non-hydrogen) atoms. The van der Waals surface area contributed by atoms with Gasteiger partial charge in [-0.1, -0.05) is 30.3 Å². The molecule has 4 heteroatoms. The van der Waals surface area contributed by atoms with Crippen LogP contribution in [0.15, 0.2) is 30.3 Å². The van der Waals surface area contributed by atoms with Crippen molar-refractivity contribution >= 4 is 11.8 Å². The van der Waals surface area contributed by atoms with Crippen LogP contribution in [0.4, 0.5) is 0 Å². The average molecular weight is 258 g/mol. The van der Waals surface area contributed by atoms with E-state index in [1.807, 2.05) is 37.3 Å². The minimum atomic E-state index is -0.299. The number of imide groups is 1. The van der Waals surface area contributed by atoms with Crippen LogP contribution in [0.1, 0.15) is 31.4 Å². The molecule has 0 bridgehead atoms. The number of hydrogen-bond acceptors (Lipinski definition) is 3. The predicted molar refractivity (Wildman–Crippen MR) is 71.2 cm³/mol. The van der Waals surface area contributed by atoms with E-state index in [2.05, 4.69) is 5.32 Å². The first kappa shape index (κ1) is 12.4. The number of piperidine rings is 1. The summed E-state index contributed by atoms with van der Waals surface area (Å²) in [5.74, 6) is -0.239. The van der Waals surface area contributed by atoms with Crippen molar-refractivity contribution < 1.29 is 9.59 Å². The zero-order valence-electron chi connectivity index (χ0n) is 11.0. The lowest BCUT2D eigenvalue weighted by atomic mass is 9.93. The van der Waals surface area contributed by atoms with Gasteiger partial charge >= 0.3 is 0 Å². The van der Waals surface area contributed by atoms with Gasteiger partial charge in [-0.15, -0.1) is 0 Å². The number of nitrogens with one attached hydrogen (secondary N) is 1. The fourth-order valence-corrected chi connectivity index (χ4v) is 3.11. The molecule has 1 N–H and O–H groups in total. The van der Waals surface area contributed by atoms with Crippen LogP contribution in [0, 0.1) is 5.92 Å². The van der Waals surface area contributed by atoms with Crippen molar-refractivity contribution in [2.75, 3.05) is 6.54 Å². The smallest absolute Gasteiger partial charge is 0.247 e.